The molecule has 5 heteroatoms. The molecule has 1 aliphatic carbocycles. The van der Waals surface area contributed by atoms with Gasteiger partial charge in [0.2, 0.25) is 0 Å². The predicted molar refractivity (Wildman–Crippen MR) is 298 cm³/mol. The van der Waals surface area contributed by atoms with Gasteiger partial charge >= 0.3 is 0 Å². The molecule has 3 aliphatic heterocycles. The molecule has 0 bridgehead atoms. The van der Waals surface area contributed by atoms with E-state index in [-0.39, 0.29) is 28.5 Å². The van der Waals surface area contributed by atoms with Crippen molar-refractivity contribution in [2.75, 3.05) is 14.7 Å². The third-order valence-corrected chi connectivity index (χ3v) is 17.1. The van der Waals surface area contributed by atoms with Crippen LogP contribution in [0, 0.1) is 6.92 Å². The minimum absolute atomic E-state index is 0.0280. The summed E-state index contributed by atoms with van der Waals surface area (Å²) in [7, 11) is 0. The first-order valence-corrected chi connectivity index (χ1v) is 25.7. The van der Waals surface area contributed by atoms with Crippen molar-refractivity contribution in [1.29, 1.82) is 0 Å². The topological polar surface area (TPSA) is 22.9 Å². The third-order valence-electron chi connectivity index (χ3n) is 17.1. The minimum Gasteiger partial charge on any atom is -0.454 e. The molecule has 8 aromatic carbocycles. The van der Waals surface area contributed by atoms with Gasteiger partial charge in [-0.2, -0.15) is 0 Å². The van der Waals surface area contributed by atoms with Gasteiger partial charge in [0.25, 0.3) is 6.71 Å². The SMILES string of the molecule is Cc1cc2c3c(c1)N(c1cccc4c1oc1ccccc14)c1cc(N4c5ccccc5C5(C)CCCCC45C)ccc1B3c1ccc(C(C)(C)C)cc1N2c1ccc(C(C)(C)C)cc1-c1ccccc1. The van der Waals surface area contributed by atoms with Crippen LogP contribution in [0.4, 0.5) is 45.5 Å². The lowest BCUT2D eigenvalue weighted by Crippen LogP contribution is -2.61. The number of hydrogen-bond donors (Lipinski definition) is 0. The van der Waals surface area contributed by atoms with Crippen LogP contribution in [0.25, 0.3) is 33.1 Å². The molecule has 0 N–H and O–H groups in total. The lowest BCUT2D eigenvalue weighted by Gasteiger charge is -2.50. The van der Waals surface area contributed by atoms with Crippen molar-refractivity contribution in [3.8, 4) is 11.1 Å². The quantitative estimate of drug-likeness (QED) is 0.164. The Balaban J connectivity index is 1.13. The summed E-state index contributed by atoms with van der Waals surface area (Å²) in [6.45, 7) is 21.3. The van der Waals surface area contributed by atoms with Crippen molar-refractivity contribution in [2.45, 2.75) is 110 Å². The van der Waals surface area contributed by atoms with Gasteiger partial charge in [-0.1, -0.05) is 164 Å². The largest absolute Gasteiger partial charge is 0.454 e. The first-order valence-electron chi connectivity index (χ1n) is 25.7. The number of rotatable bonds is 4. The van der Waals surface area contributed by atoms with Gasteiger partial charge < -0.3 is 19.1 Å². The number of anilines is 8. The molecule has 0 amide bonds. The fourth-order valence-corrected chi connectivity index (χ4v) is 13.3. The summed E-state index contributed by atoms with van der Waals surface area (Å²) in [6.07, 6.45) is 4.82. The van der Waals surface area contributed by atoms with E-state index < -0.39 is 0 Å². The number of aryl methyl sites for hydroxylation is 1. The van der Waals surface area contributed by atoms with E-state index in [0.717, 1.165) is 34.0 Å². The number of para-hydroxylation sites is 3. The van der Waals surface area contributed by atoms with E-state index in [0.29, 0.717) is 0 Å². The van der Waals surface area contributed by atoms with Gasteiger partial charge in [0.1, 0.15) is 5.58 Å². The van der Waals surface area contributed by atoms with Gasteiger partial charge in [0.05, 0.1) is 16.9 Å². The maximum absolute atomic E-state index is 7.00. The summed E-state index contributed by atoms with van der Waals surface area (Å²) < 4.78 is 7.00. The van der Waals surface area contributed by atoms with Crippen molar-refractivity contribution in [3.63, 3.8) is 0 Å². The molecule has 13 rings (SSSR count). The Bertz CT molecular complexity index is 3610. The smallest absolute Gasteiger partial charge is 0.252 e. The number of benzene rings is 8. The highest BCUT2D eigenvalue weighted by atomic mass is 16.3. The van der Waals surface area contributed by atoms with Crippen molar-refractivity contribution >= 4 is 90.5 Å². The Hall–Kier alpha value is -6.98. The molecule has 0 saturated heterocycles. The highest BCUT2D eigenvalue weighted by Crippen LogP contribution is 2.61. The van der Waals surface area contributed by atoms with E-state index in [9.17, 15) is 0 Å². The van der Waals surface area contributed by atoms with Crippen molar-refractivity contribution in [3.05, 3.63) is 186 Å². The van der Waals surface area contributed by atoms with E-state index in [1.54, 1.807) is 0 Å². The summed E-state index contributed by atoms with van der Waals surface area (Å²) in [6, 6.07) is 62.5. The van der Waals surface area contributed by atoms with Gasteiger partial charge in [-0.25, -0.2) is 0 Å². The zero-order chi connectivity index (χ0) is 48.1. The zero-order valence-electron chi connectivity index (χ0n) is 42.2. The Morgan fingerprint density at radius 1 is 0.514 bits per heavy atom. The average Bonchev–Trinajstić information content (AvgIpc) is 3.83. The summed E-state index contributed by atoms with van der Waals surface area (Å²) in [5.41, 5.74) is 23.0. The van der Waals surface area contributed by atoms with E-state index in [1.807, 2.05) is 0 Å². The zero-order valence-corrected chi connectivity index (χ0v) is 42.2. The molecule has 4 aliphatic rings. The Labute approximate surface area is 414 Å². The second kappa shape index (κ2) is 15.0. The molecular weight excluding hydrogens is 850 g/mol. The van der Waals surface area contributed by atoms with E-state index in [2.05, 4.69) is 241 Å². The normalized spacial score (nSPS) is 19.3. The maximum Gasteiger partial charge on any atom is 0.252 e. The van der Waals surface area contributed by atoms with Crippen LogP contribution < -0.4 is 31.1 Å². The molecule has 70 heavy (non-hydrogen) atoms. The summed E-state index contributed by atoms with van der Waals surface area (Å²) in [5.74, 6) is 0. The molecule has 9 aromatic rings. The molecule has 0 spiro atoms. The van der Waals surface area contributed by atoms with Crippen LogP contribution >= 0.6 is 0 Å². The molecular formula is C65H62BN3O. The van der Waals surface area contributed by atoms with Gasteiger partial charge in [-0.3, -0.25) is 0 Å². The molecule has 1 saturated carbocycles. The lowest BCUT2D eigenvalue weighted by molar-refractivity contribution is 0.195. The second-order valence-corrected chi connectivity index (χ2v) is 23.4. The standard InChI is InChI=1S/C65H62BN3O/c1-41-36-57-60-58(37-41)68(54-26-19-23-47-46-22-13-16-27-59(46)70-61(47)54)56-40-45(69-53-25-15-14-24-49(53)64(8)34-17-18-35-65(64,69)9)30-32-51(56)66(60)50-31-28-44(63(5,6)7)39-55(50)67(57)52-33-29-43(62(2,3)4)38-48(52)42-20-11-10-12-21-42/h10-16,19-33,36-40H,17-18,34-35H2,1-9H3. The molecule has 2 unspecified atom stereocenters. The van der Waals surface area contributed by atoms with Gasteiger partial charge in [0, 0.05) is 55.9 Å². The number of hydrogen-bond acceptors (Lipinski definition) is 4. The van der Waals surface area contributed by atoms with Crippen LogP contribution in [0.1, 0.15) is 103 Å². The molecule has 4 nitrogen and oxygen atoms in total. The van der Waals surface area contributed by atoms with Gasteiger partial charge in [0.15, 0.2) is 5.58 Å². The molecule has 4 heterocycles. The molecule has 1 fully saturated rings. The highest BCUT2D eigenvalue weighted by Gasteiger charge is 2.58. The minimum atomic E-state index is -0.0800. The van der Waals surface area contributed by atoms with Gasteiger partial charge in [-0.05, 0) is 142 Å². The Morgan fingerprint density at radius 2 is 1.13 bits per heavy atom. The maximum atomic E-state index is 7.00. The van der Waals surface area contributed by atoms with Crippen LogP contribution in [0.2, 0.25) is 0 Å². The van der Waals surface area contributed by atoms with Crippen LogP contribution in [0.15, 0.2) is 168 Å². The van der Waals surface area contributed by atoms with Crippen LogP contribution in [0.5, 0.6) is 0 Å². The second-order valence-electron chi connectivity index (χ2n) is 23.4. The predicted octanol–water partition coefficient (Wildman–Crippen LogP) is 16.0. The highest BCUT2D eigenvalue weighted by molar-refractivity contribution is 7.00. The van der Waals surface area contributed by atoms with Crippen LogP contribution in [-0.4, -0.2) is 12.3 Å². The molecule has 2 atom stereocenters. The number of fused-ring (bicyclic) bond motifs is 10. The monoisotopic (exact) mass is 911 g/mol. The summed E-state index contributed by atoms with van der Waals surface area (Å²) >= 11 is 0. The Morgan fingerprint density at radius 3 is 1.90 bits per heavy atom. The third kappa shape index (κ3) is 6.09. The summed E-state index contributed by atoms with van der Waals surface area (Å²) in [4.78, 5) is 7.92. The summed E-state index contributed by atoms with van der Waals surface area (Å²) in [5, 5.41) is 2.26. The van der Waals surface area contributed by atoms with Crippen molar-refractivity contribution in [2.24, 2.45) is 0 Å². The fourth-order valence-electron chi connectivity index (χ4n) is 13.3. The lowest BCUT2D eigenvalue weighted by atomic mass is 9.33. The molecule has 1 aromatic heterocycles. The molecule has 0 radical (unpaired) electrons. The van der Waals surface area contributed by atoms with E-state index in [1.165, 1.54) is 109 Å². The first-order chi connectivity index (χ1) is 33.6. The number of furan rings is 1. The fraction of sp³-hybridized carbons (Fsp3) is 0.262. The van der Waals surface area contributed by atoms with E-state index >= 15 is 0 Å². The van der Waals surface area contributed by atoms with E-state index in [4.69, 9.17) is 4.42 Å². The van der Waals surface area contributed by atoms with Gasteiger partial charge in [-0.15, -0.1) is 0 Å². The van der Waals surface area contributed by atoms with Crippen molar-refractivity contribution in [1.82, 2.24) is 0 Å². The Kier molecular flexibility index (Phi) is 9.24. The number of nitrogens with zero attached hydrogens (tertiary/aromatic N) is 3. The van der Waals surface area contributed by atoms with Crippen LogP contribution in [-0.2, 0) is 16.2 Å². The average molecular weight is 912 g/mol. The molecule has 346 valence electrons. The van der Waals surface area contributed by atoms with Crippen LogP contribution in [0.3, 0.4) is 0 Å². The van der Waals surface area contributed by atoms with Crippen molar-refractivity contribution < 1.29 is 4.42 Å². The first kappa shape index (κ1) is 43.1.